The van der Waals surface area contributed by atoms with Crippen LogP contribution >= 0.6 is 11.6 Å². The average Bonchev–Trinajstić information content (AvgIpc) is 3.23. The second kappa shape index (κ2) is 7.78. The van der Waals surface area contributed by atoms with E-state index < -0.39 is 0 Å². The Morgan fingerprint density at radius 1 is 1.18 bits per heavy atom. The van der Waals surface area contributed by atoms with Gasteiger partial charge < -0.3 is 15.2 Å². The number of pyridine rings is 1. The number of hydrogen-bond acceptors (Lipinski definition) is 3. The predicted octanol–water partition coefficient (Wildman–Crippen LogP) is 3.93. The summed E-state index contributed by atoms with van der Waals surface area (Å²) in [6, 6.07) is 14.8. The topological polar surface area (TPSA) is 63.1 Å². The van der Waals surface area contributed by atoms with Gasteiger partial charge in [0.05, 0.1) is 12.0 Å². The highest BCUT2D eigenvalue weighted by Gasteiger charge is 2.20. The zero-order chi connectivity index (χ0) is 19.7. The lowest BCUT2D eigenvalue weighted by Gasteiger charge is -2.16. The van der Waals surface area contributed by atoms with E-state index in [-0.39, 0.29) is 23.4 Å². The molecule has 0 saturated carbocycles. The van der Waals surface area contributed by atoms with Crippen LogP contribution in [0.1, 0.15) is 30.9 Å². The lowest BCUT2D eigenvalue weighted by atomic mass is 10.00. The van der Waals surface area contributed by atoms with E-state index >= 15 is 0 Å². The number of rotatable bonds is 4. The number of anilines is 1. The minimum absolute atomic E-state index is 0.0203. The Bertz CT molecular complexity index is 1070. The number of benzene rings is 2. The molecular formula is C22H22ClN3O2. The Morgan fingerprint density at radius 2 is 1.96 bits per heavy atom. The van der Waals surface area contributed by atoms with Crippen LogP contribution in [0.15, 0.2) is 59.5 Å². The Hall–Kier alpha value is -2.63. The average molecular weight is 396 g/mol. The molecule has 2 heterocycles. The van der Waals surface area contributed by atoms with Gasteiger partial charge in [-0.05, 0) is 55.8 Å². The van der Waals surface area contributed by atoms with Crippen LogP contribution in [0.5, 0.6) is 0 Å². The van der Waals surface area contributed by atoms with Gasteiger partial charge in [-0.3, -0.25) is 9.59 Å². The molecule has 5 nitrogen and oxygen atoms in total. The van der Waals surface area contributed by atoms with Crippen molar-refractivity contribution in [2.75, 3.05) is 18.4 Å². The summed E-state index contributed by atoms with van der Waals surface area (Å²) in [4.78, 5) is 25.7. The number of nitrogens with zero attached hydrogens (tertiary/aromatic N) is 1. The van der Waals surface area contributed by atoms with E-state index in [1.807, 2.05) is 49.5 Å². The Morgan fingerprint density at radius 3 is 2.68 bits per heavy atom. The zero-order valence-electron chi connectivity index (χ0n) is 15.6. The summed E-state index contributed by atoms with van der Waals surface area (Å²) >= 11 is 5.93. The number of fused-ring (bicyclic) bond motifs is 1. The van der Waals surface area contributed by atoms with Crippen LogP contribution in [0.25, 0.3) is 10.8 Å². The van der Waals surface area contributed by atoms with E-state index in [4.69, 9.17) is 11.6 Å². The van der Waals surface area contributed by atoms with Crippen LogP contribution in [0.2, 0.25) is 5.02 Å². The molecule has 3 aromatic rings. The molecule has 1 unspecified atom stereocenters. The van der Waals surface area contributed by atoms with Crippen LogP contribution in [0.3, 0.4) is 0 Å². The lowest BCUT2D eigenvalue weighted by molar-refractivity contribution is -0.117. The van der Waals surface area contributed by atoms with E-state index in [0.717, 1.165) is 30.5 Å². The van der Waals surface area contributed by atoms with E-state index in [1.165, 1.54) is 0 Å². The highest BCUT2D eigenvalue weighted by atomic mass is 35.5. The van der Waals surface area contributed by atoms with Gasteiger partial charge in [0.1, 0.15) is 0 Å². The highest BCUT2D eigenvalue weighted by molar-refractivity contribution is 6.30. The summed E-state index contributed by atoms with van der Waals surface area (Å²) in [6.07, 6.45) is 2.78. The van der Waals surface area contributed by atoms with Crippen molar-refractivity contribution in [2.45, 2.75) is 25.3 Å². The number of amides is 1. The first-order valence-electron chi connectivity index (χ1n) is 9.45. The monoisotopic (exact) mass is 395 g/mol. The standard InChI is InChI=1S/C22H22ClN3O2/c1-14(15-5-7-16(23)8-6-15)21(27)25-20-4-2-3-19-18(20)10-12-26(22(19)28)17-9-11-24-13-17/h2-8,10,12,14,17,24H,9,11,13H2,1H3,(H,25,27)/t14?,17-/m0/s1. The molecule has 2 N–H and O–H groups in total. The molecule has 0 spiro atoms. The number of nitrogens with one attached hydrogen (secondary N) is 2. The van der Waals surface area contributed by atoms with Gasteiger partial charge in [-0.2, -0.15) is 0 Å². The molecule has 1 aliphatic rings. The van der Waals surface area contributed by atoms with Crippen LogP contribution in [-0.2, 0) is 4.79 Å². The molecule has 0 bridgehead atoms. The molecular weight excluding hydrogens is 374 g/mol. The van der Waals surface area contributed by atoms with Crippen molar-refractivity contribution < 1.29 is 4.79 Å². The van der Waals surface area contributed by atoms with E-state index in [9.17, 15) is 9.59 Å². The SMILES string of the molecule is CC(C(=O)Nc1cccc2c(=O)n([C@H]3CCNC3)ccc12)c1ccc(Cl)cc1. The van der Waals surface area contributed by atoms with Crippen molar-refractivity contribution in [3.8, 4) is 0 Å². The smallest absolute Gasteiger partial charge is 0.258 e. The molecule has 1 aromatic heterocycles. The predicted molar refractivity (Wildman–Crippen MR) is 113 cm³/mol. The fourth-order valence-electron chi connectivity index (χ4n) is 3.71. The second-order valence-corrected chi connectivity index (χ2v) is 7.64. The Balaban J connectivity index is 1.63. The van der Waals surface area contributed by atoms with Crippen molar-refractivity contribution in [2.24, 2.45) is 0 Å². The molecule has 1 amide bonds. The van der Waals surface area contributed by atoms with Gasteiger partial charge >= 0.3 is 0 Å². The molecule has 1 saturated heterocycles. The summed E-state index contributed by atoms with van der Waals surface area (Å²) in [5.41, 5.74) is 1.52. The third kappa shape index (κ3) is 3.55. The zero-order valence-corrected chi connectivity index (χ0v) is 16.4. The number of halogens is 1. The van der Waals surface area contributed by atoms with Crippen molar-refractivity contribution in [3.05, 3.63) is 75.7 Å². The largest absolute Gasteiger partial charge is 0.325 e. The molecule has 4 rings (SSSR count). The molecule has 2 aromatic carbocycles. The number of aromatic nitrogens is 1. The fourth-order valence-corrected chi connectivity index (χ4v) is 3.84. The van der Waals surface area contributed by atoms with Crippen LogP contribution in [0.4, 0.5) is 5.69 Å². The molecule has 1 fully saturated rings. The van der Waals surface area contributed by atoms with Crippen molar-refractivity contribution in [1.82, 2.24) is 9.88 Å². The summed E-state index contributed by atoms with van der Waals surface area (Å²) in [6.45, 7) is 3.58. The normalized spacial score (nSPS) is 17.6. The molecule has 1 aliphatic heterocycles. The van der Waals surface area contributed by atoms with E-state index in [0.29, 0.717) is 16.1 Å². The van der Waals surface area contributed by atoms with Crippen molar-refractivity contribution in [3.63, 3.8) is 0 Å². The lowest BCUT2D eigenvalue weighted by Crippen LogP contribution is -2.26. The molecule has 144 valence electrons. The summed E-state index contributed by atoms with van der Waals surface area (Å²) in [5, 5.41) is 8.28. The Kier molecular flexibility index (Phi) is 5.20. The maximum Gasteiger partial charge on any atom is 0.258 e. The molecule has 2 atom stereocenters. The quantitative estimate of drug-likeness (QED) is 0.703. The van der Waals surface area contributed by atoms with Gasteiger partial charge in [0, 0.05) is 34.2 Å². The van der Waals surface area contributed by atoms with E-state index in [1.54, 1.807) is 16.7 Å². The molecule has 0 aliphatic carbocycles. The maximum absolute atomic E-state index is 13.0. The van der Waals surface area contributed by atoms with Gasteiger partial charge in [0.25, 0.3) is 5.56 Å². The van der Waals surface area contributed by atoms with Gasteiger partial charge in [-0.15, -0.1) is 0 Å². The third-order valence-electron chi connectivity index (χ3n) is 5.42. The molecule has 0 radical (unpaired) electrons. The van der Waals surface area contributed by atoms with Gasteiger partial charge in [0.15, 0.2) is 0 Å². The third-order valence-corrected chi connectivity index (χ3v) is 5.67. The van der Waals surface area contributed by atoms with Gasteiger partial charge in [0.2, 0.25) is 5.91 Å². The minimum atomic E-state index is -0.336. The van der Waals surface area contributed by atoms with E-state index in [2.05, 4.69) is 10.6 Å². The summed E-state index contributed by atoms with van der Waals surface area (Å²) in [5.74, 6) is -0.462. The number of hydrogen-bond donors (Lipinski definition) is 2. The summed E-state index contributed by atoms with van der Waals surface area (Å²) < 4.78 is 1.80. The van der Waals surface area contributed by atoms with Crippen LogP contribution in [0, 0.1) is 0 Å². The number of carbonyl (C=O) groups excluding carboxylic acids is 1. The summed E-state index contributed by atoms with van der Waals surface area (Å²) in [7, 11) is 0. The van der Waals surface area contributed by atoms with Crippen molar-refractivity contribution in [1.29, 1.82) is 0 Å². The van der Waals surface area contributed by atoms with Crippen LogP contribution < -0.4 is 16.2 Å². The van der Waals surface area contributed by atoms with Crippen molar-refractivity contribution >= 4 is 34.0 Å². The van der Waals surface area contributed by atoms with Crippen LogP contribution in [-0.4, -0.2) is 23.6 Å². The second-order valence-electron chi connectivity index (χ2n) is 7.20. The minimum Gasteiger partial charge on any atom is -0.325 e. The fraction of sp³-hybridized carbons (Fsp3) is 0.273. The Labute approximate surface area is 168 Å². The molecule has 6 heteroatoms. The molecule has 28 heavy (non-hydrogen) atoms. The maximum atomic E-state index is 13.0. The first-order valence-corrected chi connectivity index (χ1v) is 9.83. The van der Waals surface area contributed by atoms with Gasteiger partial charge in [-0.1, -0.05) is 29.8 Å². The first-order chi connectivity index (χ1) is 13.5. The first kappa shape index (κ1) is 18.7. The highest BCUT2D eigenvalue weighted by Crippen LogP contribution is 2.25. The number of carbonyl (C=O) groups is 1. The van der Waals surface area contributed by atoms with Gasteiger partial charge in [-0.25, -0.2) is 0 Å².